The maximum absolute atomic E-state index is 13.2. The van der Waals surface area contributed by atoms with Crippen molar-refractivity contribution >= 4 is 11.6 Å². The largest absolute Gasteiger partial charge is 0.326 e. The van der Waals surface area contributed by atoms with Crippen LogP contribution in [0.25, 0.3) is 11.3 Å². The number of likely N-dealkylation sites (tertiary alicyclic amines) is 1. The third-order valence-electron chi connectivity index (χ3n) is 5.39. The number of hydrogen-bond donors (Lipinski definition) is 1. The molecule has 4 rings (SSSR count). The number of carbonyl (C=O) groups excluding carboxylic acids is 1. The Hall–Kier alpha value is -3.12. The van der Waals surface area contributed by atoms with Crippen LogP contribution in [0.2, 0.25) is 0 Å². The Morgan fingerprint density at radius 1 is 1.17 bits per heavy atom. The van der Waals surface area contributed by atoms with Gasteiger partial charge in [-0.05, 0) is 49.2 Å². The minimum atomic E-state index is -0.207. The zero-order valence-electron chi connectivity index (χ0n) is 17.0. The van der Waals surface area contributed by atoms with Crippen LogP contribution >= 0.6 is 0 Å². The number of rotatable bonds is 5. The summed E-state index contributed by atoms with van der Waals surface area (Å²) in [7, 11) is 0. The molecule has 0 aliphatic carbocycles. The van der Waals surface area contributed by atoms with Crippen LogP contribution in [-0.2, 0) is 11.3 Å². The quantitative estimate of drug-likeness (QED) is 0.674. The molecule has 1 aliphatic rings. The van der Waals surface area contributed by atoms with Gasteiger partial charge in [0.05, 0.1) is 11.4 Å². The Kier molecular flexibility index (Phi) is 6.14. The van der Waals surface area contributed by atoms with Gasteiger partial charge in [-0.1, -0.05) is 24.3 Å². The lowest BCUT2D eigenvalue weighted by atomic mass is 9.91. The lowest BCUT2D eigenvalue weighted by Gasteiger charge is -2.33. The van der Waals surface area contributed by atoms with Crippen LogP contribution in [-0.4, -0.2) is 33.9 Å². The Morgan fingerprint density at radius 2 is 1.97 bits per heavy atom. The number of amides is 1. The molecule has 154 valence electrons. The first kappa shape index (κ1) is 20.2. The Bertz CT molecular complexity index is 1020. The van der Waals surface area contributed by atoms with E-state index >= 15 is 0 Å². The number of hydrogen-bond acceptors (Lipinski definition) is 4. The third-order valence-corrected chi connectivity index (χ3v) is 5.39. The number of benzene rings is 2. The molecule has 3 aromatic rings. The molecule has 1 atom stereocenters. The number of piperidine rings is 1. The van der Waals surface area contributed by atoms with E-state index in [1.807, 2.05) is 36.4 Å². The number of halogens is 1. The smallest absolute Gasteiger partial charge is 0.221 e. The monoisotopic (exact) mass is 404 g/mol. The highest BCUT2D eigenvalue weighted by molar-refractivity contribution is 5.89. The van der Waals surface area contributed by atoms with Gasteiger partial charge in [0, 0.05) is 49.6 Å². The van der Waals surface area contributed by atoms with Crippen LogP contribution in [0.3, 0.4) is 0 Å². The van der Waals surface area contributed by atoms with Crippen LogP contribution in [0.15, 0.2) is 60.9 Å². The summed E-state index contributed by atoms with van der Waals surface area (Å²) >= 11 is 0. The summed E-state index contributed by atoms with van der Waals surface area (Å²) in [6, 6.07) is 14.4. The molecule has 2 heterocycles. The minimum Gasteiger partial charge on any atom is -0.326 e. The van der Waals surface area contributed by atoms with Gasteiger partial charge in [-0.3, -0.25) is 19.7 Å². The van der Waals surface area contributed by atoms with Crippen LogP contribution in [0.4, 0.5) is 10.1 Å². The zero-order chi connectivity index (χ0) is 20.9. The summed E-state index contributed by atoms with van der Waals surface area (Å²) in [6.45, 7) is 4.19. The van der Waals surface area contributed by atoms with E-state index in [-0.39, 0.29) is 17.6 Å². The van der Waals surface area contributed by atoms with E-state index in [0.717, 1.165) is 60.7 Å². The molecule has 1 amide bonds. The van der Waals surface area contributed by atoms with Gasteiger partial charge in [-0.2, -0.15) is 0 Å². The van der Waals surface area contributed by atoms with Crippen molar-refractivity contribution in [1.29, 1.82) is 0 Å². The van der Waals surface area contributed by atoms with Crippen molar-refractivity contribution < 1.29 is 9.18 Å². The number of aromatic nitrogens is 2. The van der Waals surface area contributed by atoms with E-state index in [2.05, 4.69) is 15.2 Å². The van der Waals surface area contributed by atoms with Crippen molar-refractivity contribution in [2.24, 2.45) is 0 Å². The Balaban J connectivity index is 1.55. The normalized spacial score (nSPS) is 16.9. The molecular formula is C24H25FN4O. The summed E-state index contributed by atoms with van der Waals surface area (Å²) in [5, 5.41) is 2.83. The molecule has 6 heteroatoms. The van der Waals surface area contributed by atoms with E-state index in [1.54, 1.807) is 12.4 Å². The van der Waals surface area contributed by atoms with Gasteiger partial charge in [0.1, 0.15) is 5.82 Å². The number of carbonyl (C=O) groups is 1. The first-order valence-corrected chi connectivity index (χ1v) is 10.2. The van der Waals surface area contributed by atoms with Crippen molar-refractivity contribution in [2.75, 3.05) is 18.4 Å². The van der Waals surface area contributed by atoms with Gasteiger partial charge < -0.3 is 5.32 Å². The van der Waals surface area contributed by atoms with Crippen molar-refractivity contribution in [2.45, 2.75) is 32.2 Å². The first-order chi connectivity index (χ1) is 14.6. The second-order valence-corrected chi connectivity index (χ2v) is 7.75. The summed E-state index contributed by atoms with van der Waals surface area (Å²) in [6.07, 6.45) is 5.59. The maximum Gasteiger partial charge on any atom is 0.221 e. The third kappa shape index (κ3) is 4.89. The highest BCUT2D eigenvalue weighted by Crippen LogP contribution is 2.33. The van der Waals surface area contributed by atoms with Crippen LogP contribution in [0.1, 0.15) is 36.9 Å². The summed E-state index contributed by atoms with van der Waals surface area (Å²) in [5.41, 5.74) is 4.65. The van der Waals surface area contributed by atoms with Gasteiger partial charge in [-0.25, -0.2) is 4.39 Å². The lowest BCUT2D eigenvalue weighted by molar-refractivity contribution is -0.114. The zero-order valence-corrected chi connectivity index (χ0v) is 17.0. The van der Waals surface area contributed by atoms with Gasteiger partial charge in [0.2, 0.25) is 5.91 Å². The topological polar surface area (TPSA) is 58.1 Å². The average Bonchev–Trinajstić information content (AvgIpc) is 2.75. The van der Waals surface area contributed by atoms with E-state index < -0.39 is 0 Å². The van der Waals surface area contributed by atoms with Crippen LogP contribution < -0.4 is 5.32 Å². The maximum atomic E-state index is 13.2. The molecule has 1 N–H and O–H groups in total. The number of nitrogens with zero attached hydrogens (tertiary/aromatic N) is 3. The van der Waals surface area contributed by atoms with E-state index in [0.29, 0.717) is 0 Å². The summed E-state index contributed by atoms with van der Waals surface area (Å²) in [5.74, 6) is -0.0384. The van der Waals surface area contributed by atoms with Gasteiger partial charge in [0.15, 0.2) is 0 Å². The highest BCUT2D eigenvalue weighted by Gasteiger charge is 2.25. The van der Waals surface area contributed by atoms with E-state index in [1.165, 1.54) is 19.1 Å². The first-order valence-electron chi connectivity index (χ1n) is 10.2. The van der Waals surface area contributed by atoms with Gasteiger partial charge in [-0.15, -0.1) is 0 Å². The minimum absolute atomic E-state index is 0.102. The van der Waals surface area contributed by atoms with Crippen LogP contribution in [0, 0.1) is 5.82 Å². The molecule has 0 saturated carbocycles. The molecule has 0 bridgehead atoms. The molecular weight excluding hydrogens is 379 g/mol. The van der Waals surface area contributed by atoms with Gasteiger partial charge in [0.25, 0.3) is 0 Å². The molecule has 0 radical (unpaired) electrons. The second-order valence-electron chi connectivity index (χ2n) is 7.75. The molecule has 1 aliphatic heterocycles. The van der Waals surface area contributed by atoms with E-state index in [4.69, 9.17) is 4.98 Å². The molecule has 1 saturated heterocycles. The SMILES string of the molecule is CC(=O)Nc1cccc(-c2nccnc2C2CCCN(Cc3ccc(F)cc3)C2)c1. The average molecular weight is 404 g/mol. The van der Waals surface area contributed by atoms with Crippen molar-refractivity contribution in [3.8, 4) is 11.3 Å². The second kappa shape index (κ2) is 9.13. The van der Waals surface area contributed by atoms with Crippen molar-refractivity contribution in [3.63, 3.8) is 0 Å². The lowest BCUT2D eigenvalue weighted by Crippen LogP contribution is -2.34. The molecule has 0 spiro atoms. The Morgan fingerprint density at radius 3 is 2.77 bits per heavy atom. The fourth-order valence-corrected chi connectivity index (χ4v) is 4.09. The summed E-state index contributed by atoms with van der Waals surface area (Å²) < 4.78 is 13.2. The molecule has 2 aromatic carbocycles. The Labute approximate surface area is 176 Å². The van der Waals surface area contributed by atoms with Crippen molar-refractivity contribution in [1.82, 2.24) is 14.9 Å². The van der Waals surface area contributed by atoms with Crippen molar-refractivity contribution in [3.05, 3.63) is 78.0 Å². The van der Waals surface area contributed by atoms with Gasteiger partial charge >= 0.3 is 0 Å². The fraction of sp³-hybridized carbons (Fsp3) is 0.292. The predicted octanol–water partition coefficient (Wildman–Crippen LogP) is 4.62. The number of nitrogens with one attached hydrogen (secondary N) is 1. The molecule has 1 aromatic heterocycles. The molecule has 1 fully saturated rings. The molecule has 30 heavy (non-hydrogen) atoms. The van der Waals surface area contributed by atoms with E-state index in [9.17, 15) is 9.18 Å². The fourth-order valence-electron chi connectivity index (χ4n) is 4.09. The summed E-state index contributed by atoms with van der Waals surface area (Å²) in [4.78, 5) is 23.1. The predicted molar refractivity (Wildman–Crippen MR) is 115 cm³/mol. The molecule has 1 unspecified atom stereocenters. The standard InChI is InChI=1S/C24H25FN4O/c1-17(30)28-22-6-2-4-19(14-22)23-24(27-12-11-26-23)20-5-3-13-29(16-20)15-18-7-9-21(25)10-8-18/h2,4,6-12,14,20H,3,5,13,15-16H2,1H3,(H,28,30). The highest BCUT2D eigenvalue weighted by atomic mass is 19.1. The van der Waals surface area contributed by atoms with Crippen LogP contribution in [0.5, 0.6) is 0 Å². The molecule has 5 nitrogen and oxygen atoms in total. The number of anilines is 1.